The van der Waals surface area contributed by atoms with E-state index in [4.69, 9.17) is 15.2 Å². The molecule has 1 aliphatic rings. The van der Waals surface area contributed by atoms with Crippen molar-refractivity contribution in [3.63, 3.8) is 0 Å². The Hall–Kier alpha value is -3.87. The fourth-order valence-electron chi connectivity index (χ4n) is 4.61. The van der Waals surface area contributed by atoms with Crippen LogP contribution in [0.25, 0.3) is 16.8 Å². The molecule has 0 aliphatic carbocycles. The SMILES string of the molecule is COCCOc1cc(F)c(-c2ccc3cnc(Nc4cnccc4N4C[C@@H](N)[C@H](O)[C@@H](C)C4)n3n2)c(F)c1. The van der Waals surface area contributed by atoms with Crippen molar-refractivity contribution >= 4 is 22.8 Å². The standard InChI is InChI=1S/C26H29F2N7O3/c1-15-13-34(14-20(29)25(15)36)23-5-6-30-12-22(23)32-26-31-11-16-3-4-21(33-35(16)26)24-18(27)9-17(10-19(24)28)38-8-7-37-2/h3-6,9-12,15,20,25,36H,7-8,13-14,29H2,1-2H3,(H,31,32)/t15-,20+,25+/m0/s1. The van der Waals surface area contributed by atoms with Crippen molar-refractivity contribution in [1.29, 1.82) is 0 Å². The van der Waals surface area contributed by atoms with E-state index in [1.165, 1.54) is 17.7 Å². The van der Waals surface area contributed by atoms with E-state index in [1.54, 1.807) is 24.7 Å². The third-order valence-corrected chi connectivity index (χ3v) is 6.56. The lowest BCUT2D eigenvalue weighted by molar-refractivity contribution is 0.0785. The predicted octanol–water partition coefficient (Wildman–Crippen LogP) is 2.98. The number of piperidine rings is 1. The summed E-state index contributed by atoms with van der Waals surface area (Å²) in [6.07, 6.45) is 4.36. The van der Waals surface area contributed by atoms with Crippen LogP contribution in [0.2, 0.25) is 0 Å². The number of ether oxygens (including phenoxy) is 2. The largest absolute Gasteiger partial charge is 0.491 e. The highest BCUT2D eigenvalue weighted by atomic mass is 19.1. The molecular formula is C26H29F2N7O3. The molecule has 3 aromatic heterocycles. The Morgan fingerprint density at radius 2 is 1.92 bits per heavy atom. The molecule has 0 saturated carbocycles. The zero-order valence-corrected chi connectivity index (χ0v) is 21.0. The quantitative estimate of drug-likeness (QED) is 0.298. The molecule has 4 heterocycles. The molecule has 1 fully saturated rings. The van der Waals surface area contributed by atoms with Gasteiger partial charge in [0.15, 0.2) is 0 Å². The van der Waals surface area contributed by atoms with Crippen molar-refractivity contribution in [3.8, 4) is 17.0 Å². The minimum absolute atomic E-state index is 0.0159. The van der Waals surface area contributed by atoms with Gasteiger partial charge in [0.2, 0.25) is 5.95 Å². The summed E-state index contributed by atoms with van der Waals surface area (Å²) in [6, 6.07) is 6.92. The monoisotopic (exact) mass is 525 g/mol. The van der Waals surface area contributed by atoms with Crippen LogP contribution < -0.4 is 20.7 Å². The number of hydrogen-bond donors (Lipinski definition) is 3. The molecule has 0 spiro atoms. The van der Waals surface area contributed by atoms with Gasteiger partial charge >= 0.3 is 0 Å². The van der Waals surface area contributed by atoms with Gasteiger partial charge in [-0.1, -0.05) is 6.92 Å². The first kappa shape index (κ1) is 25.8. The Labute approximate surface area is 218 Å². The van der Waals surface area contributed by atoms with Crippen LogP contribution in [0.4, 0.5) is 26.1 Å². The number of benzene rings is 1. The van der Waals surface area contributed by atoms with Crippen LogP contribution in [0, 0.1) is 17.6 Å². The zero-order chi connectivity index (χ0) is 26.8. The number of rotatable bonds is 8. The third-order valence-electron chi connectivity index (χ3n) is 6.56. The maximum atomic E-state index is 15.0. The number of nitrogens with zero attached hydrogens (tertiary/aromatic N) is 5. The number of halogens is 2. The third kappa shape index (κ3) is 5.10. The van der Waals surface area contributed by atoms with Gasteiger partial charge in [-0.15, -0.1) is 0 Å². The molecule has 1 saturated heterocycles. The lowest BCUT2D eigenvalue weighted by Gasteiger charge is -2.40. The van der Waals surface area contributed by atoms with Crippen LogP contribution in [0.3, 0.4) is 0 Å². The topological polar surface area (TPSA) is 123 Å². The van der Waals surface area contributed by atoms with Gasteiger partial charge in [-0.05, 0) is 18.2 Å². The number of imidazole rings is 1. The molecule has 38 heavy (non-hydrogen) atoms. The molecular weight excluding hydrogens is 496 g/mol. The number of anilines is 3. The average Bonchev–Trinajstić information content (AvgIpc) is 3.29. The summed E-state index contributed by atoms with van der Waals surface area (Å²) >= 11 is 0. The molecule has 4 N–H and O–H groups in total. The Bertz CT molecular complexity index is 1400. The van der Waals surface area contributed by atoms with Crippen LogP contribution in [-0.2, 0) is 4.74 Å². The number of pyridine rings is 1. The molecule has 0 radical (unpaired) electrons. The van der Waals surface area contributed by atoms with Crippen molar-refractivity contribution in [2.75, 3.05) is 43.6 Å². The molecule has 1 aromatic carbocycles. The van der Waals surface area contributed by atoms with Gasteiger partial charge in [-0.2, -0.15) is 9.61 Å². The predicted molar refractivity (Wildman–Crippen MR) is 139 cm³/mol. The number of fused-ring (bicyclic) bond motifs is 1. The molecule has 10 nitrogen and oxygen atoms in total. The Kier molecular flexibility index (Phi) is 7.36. The summed E-state index contributed by atoms with van der Waals surface area (Å²) in [7, 11) is 1.51. The van der Waals surface area contributed by atoms with Crippen molar-refractivity contribution in [3.05, 3.63) is 60.6 Å². The first-order valence-electron chi connectivity index (χ1n) is 12.2. The first-order valence-corrected chi connectivity index (χ1v) is 12.2. The van der Waals surface area contributed by atoms with Gasteiger partial charge in [0.25, 0.3) is 0 Å². The molecule has 0 bridgehead atoms. The lowest BCUT2D eigenvalue weighted by atomic mass is 9.92. The summed E-state index contributed by atoms with van der Waals surface area (Å²) in [5.41, 5.74) is 8.09. The van der Waals surface area contributed by atoms with Gasteiger partial charge in [0.05, 0.1) is 53.3 Å². The van der Waals surface area contributed by atoms with Crippen LogP contribution in [0.15, 0.2) is 48.9 Å². The fraction of sp³-hybridized carbons (Fsp3) is 0.346. The molecule has 5 rings (SSSR count). The highest BCUT2D eigenvalue weighted by Gasteiger charge is 2.32. The van der Waals surface area contributed by atoms with Crippen molar-refractivity contribution < 1.29 is 23.4 Å². The number of hydrogen-bond acceptors (Lipinski definition) is 9. The number of nitrogens with two attached hydrogens (primary N) is 1. The zero-order valence-electron chi connectivity index (χ0n) is 21.0. The molecule has 3 atom stereocenters. The maximum Gasteiger partial charge on any atom is 0.229 e. The maximum absolute atomic E-state index is 15.0. The summed E-state index contributed by atoms with van der Waals surface area (Å²) in [4.78, 5) is 10.7. The number of methoxy groups -OCH3 is 1. The van der Waals surface area contributed by atoms with E-state index in [1.807, 2.05) is 13.0 Å². The first-order chi connectivity index (χ1) is 18.4. The van der Waals surface area contributed by atoms with E-state index in [9.17, 15) is 13.9 Å². The highest BCUT2D eigenvalue weighted by molar-refractivity contribution is 5.74. The van der Waals surface area contributed by atoms with Gasteiger partial charge in [0.1, 0.15) is 24.0 Å². The van der Waals surface area contributed by atoms with Gasteiger partial charge in [0, 0.05) is 50.5 Å². The molecule has 4 aromatic rings. The van der Waals surface area contributed by atoms with E-state index in [0.29, 0.717) is 36.8 Å². The normalized spacial score (nSPS) is 19.6. The Morgan fingerprint density at radius 1 is 1.13 bits per heavy atom. The van der Waals surface area contributed by atoms with E-state index < -0.39 is 23.8 Å². The minimum atomic E-state index is -0.800. The van der Waals surface area contributed by atoms with Crippen LogP contribution >= 0.6 is 0 Å². The van der Waals surface area contributed by atoms with Crippen LogP contribution in [0.1, 0.15) is 6.92 Å². The van der Waals surface area contributed by atoms with Gasteiger partial charge < -0.3 is 30.5 Å². The minimum Gasteiger partial charge on any atom is -0.491 e. The van der Waals surface area contributed by atoms with Gasteiger partial charge in [-0.3, -0.25) is 4.98 Å². The average molecular weight is 526 g/mol. The fourth-order valence-corrected chi connectivity index (χ4v) is 4.61. The number of aliphatic hydroxyl groups excluding tert-OH is 1. The van der Waals surface area contributed by atoms with E-state index in [0.717, 1.165) is 17.8 Å². The number of nitrogens with one attached hydrogen (secondary N) is 1. The molecule has 0 amide bonds. The smallest absolute Gasteiger partial charge is 0.229 e. The molecule has 200 valence electrons. The summed E-state index contributed by atoms with van der Waals surface area (Å²) in [5, 5.41) is 18.0. The second-order valence-electron chi connectivity index (χ2n) is 9.29. The molecule has 0 unspecified atom stereocenters. The summed E-state index contributed by atoms with van der Waals surface area (Å²) in [5.74, 6) is -1.21. The van der Waals surface area contributed by atoms with Crippen LogP contribution in [-0.4, -0.2) is 70.2 Å². The number of aromatic nitrogens is 4. The van der Waals surface area contributed by atoms with Crippen molar-refractivity contribution in [1.82, 2.24) is 19.6 Å². The second kappa shape index (κ2) is 10.9. The molecule has 12 heteroatoms. The Morgan fingerprint density at radius 3 is 2.66 bits per heavy atom. The van der Waals surface area contributed by atoms with Crippen molar-refractivity contribution in [2.45, 2.75) is 19.1 Å². The van der Waals surface area contributed by atoms with Gasteiger partial charge in [-0.25, -0.2) is 13.8 Å². The highest BCUT2D eigenvalue weighted by Crippen LogP contribution is 2.32. The summed E-state index contributed by atoms with van der Waals surface area (Å²) in [6.45, 7) is 3.50. The van der Waals surface area contributed by atoms with E-state index >= 15 is 0 Å². The van der Waals surface area contributed by atoms with E-state index in [-0.39, 0.29) is 29.5 Å². The lowest BCUT2D eigenvalue weighted by Crippen LogP contribution is -2.55. The second-order valence-corrected chi connectivity index (χ2v) is 9.29. The van der Waals surface area contributed by atoms with E-state index in [2.05, 4.69) is 25.3 Å². The van der Waals surface area contributed by atoms with Crippen molar-refractivity contribution in [2.24, 2.45) is 11.7 Å². The van der Waals surface area contributed by atoms with Crippen LogP contribution in [0.5, 0.6) is 5.75 Å². The Balaban J connectivity index is 1.45. The molecule has 1 aliphatic heterocycles. The summed E-state index contributed by atoms with van der Waals surface area (Å²) < 4.78 is 41.6. The number of aliphatic hydroxyl groups is 1.